The van der Waals surface area contributed by atoms with Crippen LogP contribution in [-0.2, 0) is 4.79 Å². The molecule has 0 aromatic heterocycles. The van der Waals surface area contributed by atoms with Gasteiger partial charge in [0.05, 0.1) is 0 Å². The minimum Gasteiger partial charge on any atom is -0.356 e. The quantitative estimate of drug-likeness (QED) is 0.507. The molecule has 1 aliphatic rings. The summed E-state index contributed by atoms with van der Waals surface area (Å²) in [5.41, 5.74) is 0. The van der Waals surface area contributed by atoms with Crippen LogP contribution in [0.3, 0.4) is 0 Å². The fourth-order valence-electron chi connectivity index (χ4n) is 2.32. The lowest BCUT2D eigenvalue weighted by atomic mass is 9.99. The Bertz CT molecular complexity index is 368. The molecule has 5 nitrogen and oxygen atoms in total. The molecule has 1 saturated carbocycles. The highest BCUT2D eigenvalue weighted by molar-refractivity contribution is 5.85. The van der Waals surface area contributed by atoms with Gasteiger partial charge in [0.15, 0.2) is 5.96 Å². The fraction of sp³-hybridized carbons (Fsp3) is 0.882. The molecule has 2 N–H and O–H groups in total. The summed E-state index contributed by atoms with van der Waals surface area (Å²) >= 11 is 0. The Labute approximate surface area is 135 Å². The summed E-state index contributed by atoms with van der Waals surface area (Å²) in [4.78, 5) is 17.7. The predicted molar refractivity (Wildman–Crippen MR) is 93.0 cm³/mol. The summed E-state index contributed by atoms with van der Waals surface area (Å²) in [6.45, 7) is 7.84. The van der Waals surface area contributed by atoms with Gasteiger partial charge in [-0.1, -0.05) is 40.0 Å². The molecule has 3 unspecified atom stereocenters. The summed E-state index contributed by atoms with van der Waals surface area (Å²) < 4.78 is 0. The van der Waals surface area contributed by atoms with Gasteiger partial charge in [-0.05, 0) is 24.7 Å². The van der Waals surface area contributed by atoms with Gasteiger partial charge in [-0.25, -0.2) is 4.99 Å². The summed E-state index contributed by atoms with van der Waals surface area (Å²) in [7, 11) is 3.53. The van der Waals surface area contributed by atoms with Crippen LogP contribution in [0.5, 0.6) is 0 Å². The van der Waals surface area contributed by atoms with Gasteiger partial charge in [-0.3, -0.25) is 4.79 Å². The van der Waals surface area contributed by atoms with Gasteiger partial charge in [0, 0.05) is 26.7 Å². The second-order valence-corrected chi connectivity index (χ2v) is 6.71. The third-order valence-corrected chi connectivity index (χ3v) is 4.40. The van der Waals surface area contributed by atoms with E-state index in [1.807, 2.05) is 0 Å². The fourth-order valence-corrected chi connectivity index (χ4v) is 2.32. The molecule has 1 fully saturated rings. The van der Waals surface area contributed by atoms with E-state index in [-0.39, 0.29) is 12.5 Å². The second kappa shape index (κ2) is 9.70. The molecule has 0 radical (unpaired) electrons. The monoisotopic (exact) mass is 310 g/mol. The van der Waals surface area contributed by atoms with Crippen molar-refractivity contribution in [1.82, 2.24) is 15.5 Å². The topological polar surface area (TPSA) is 56.7 Å². The van der Waals surface area contributed by atoms with Gasteiger partial charge in [0.25, 0.3) is 0 Å². The summed E-state index contributed by atoms with van der Waals surface area (Å²) in [6.07, 6.45) is 6.14. The van der Waals surface area contributed by atoms with Crippen LogP contribution in [0.2, 0.25) is 0 Å². The molecule has 0 spiro atoms. The van der Waals surface area contributed by atoms with Gasteiger partial charge in [0.1, 0.15) is 6.54 Å². The Hall–Kier alpha value is -1.26. The maximum absolute atomic E-state index is 11.7. The van der Waals surface area contributed by atoms with Crippen LogP contribution < -0.4 is 10.6 Å². The minimum absolute atomic E-state index is 0.0305. The highest BCUT2D eigenvalue weighted by Crippen LogP contribution is 2.28. The number of carbonyl (C=O) groups excluding carboxylic acids is 1. The molecule has 0 aromatic rings. The molecule has 1 aliphatic carbocycles. The van der Waals surface area contributed by atoms with E-state index in [1.54, 1.807) is 19.0 Å². The predicted octanol–water partition coefficient (Wildman–Crippen LogP) is 2.23. The van der Waals surface area contributed by atoms with Crippen molar-refractivity contribution in [2.45, 2.75) is 58.9 Å². The molecule has 3 atom stereocenters. The van der Waals surface area contributed by atoms with Gasteiger partial charge in [0.2, 0.25) is 5.91 Å². The Balaban J connectivity index is 2.49. The number of carbonyl (C=O) groups is 1. The van der Waals surface area contributed by atoms with Crippen LogP contribution in [0, 0.1) is 11.8 Å². The number of aliphatic imine (C=N–C) groups is 1. The third kappa shape index (κ3) is 7.14. The van der Waals surface area contributed by atoms with Crippen LogP contribution in [0.15, 0.2) is 4.99 Å². The number of likely N-dealkylation sites (N-methyl/N-ethyl adjacent to an activating group) is 1. The van der Waals surface area contributed by atoms with Crippen molar-refractivity contribution >= 4 is 11.9 Å². The number of unbranched alkanes of at least 4 members (excludes halogenated alkanes) is 1. The van der Waals surface area contributed by atoms with Gasteiger partial charge >= 0.3 is 0 Å². The average molecular weight is 310 g/mol. The zero-order valence-electron chi connectivity index (χ0n) is 15.0. The van der Waals surface area contributed by atoms with E-state index in [9.17, 15) is 4.79 Å². The third-order valence-electron chi connectivity index (χ3n) is 4.40. The molecule has 22 heavy (non-hydrogen) atoms. The molecule has 1 amide bonds. The maximum Gasteiger partial charge on any atom is 0.243 e. The largest absolute Gasteiger partial charge is 0.356 e. The van der Waals surface area contributed by atoms with E-state index >= 15 is 0 Å². The molecular weight excluding hydrogens is 276 g/mol. The number of amides is 1. The van der Waals surface area contributed by atoms with Crippen LogP contribution >= 0.6 is 0 Å². The highest BCUT2D eigenvalue weighted by Gasteiger charge is 2.33. The molecular formula is C17H34N4O. The van der Waals surface area contributed by atoms with Crippen LogP contribution in [0.1, 0.15) is 52.9 Å². The first-order chi connectivity index (χ1) is 10.5. The van der Waals surface area contributed by atoms with Gasteiger partial charge in [-0.2, -0.15) is 0 Å². The maximum atomic E-state index is 11.7. The Morgan fingerprint density at radius 1 is 1.36 bits per heavy atom. The zero-order chi connectivity index (χ0) is 16.5. The van der Waals surface area contributed by atoms with E-state index < -0.39 is 0 Å². The van der Waals surface area contributed by atoms with E-state index in [0.717, 1.165) is 12.5 Å². The lowest BCUT2D eigenvalue weighted by molar-refractivity contribution is -0.127. The molecule has 0 saturated heterocycles. The van der Waals surface area contributed by atoms with Crippen molar-refractivity contribution in [2.75, 3.05) is 27.2 Å². The van der Waals surface area contributed by atoms with E-state index in [4.69, 9.17) is 0 Å². The van der Waals surface area contributed by atoms with Crippen LogP contribution in [0.4, 0.5) is 0 Å². The second-order valence-electron chi connectivity index (χ2n) is 6.71. The number of nitrogens with zero attached hydrogens (tertiary/aromatic N) is 2. The standard InChI is InChI=1S/C17H34N4O/c1-6-8-9-14(7-2)11-18-17(20-15-10-13(15)3)19-12-16(22)21(4)5/h13-15H,6-12H2,1-5H3,(H2,18,19,20). The average Bonchev–Trinajstić information content (AvgIpc) is 3.19. The first kappa shape index (κ1) is 18.8. The molecule has 0 bridgehead atoms. The van der Waals surface area contributed by atoms with Crippen molar-refractivity contribution in [3.8, 4) is 0 Å². The van der Waals surface area contributed by atoms with Gasteiger partial charge < -0.3 is 15.5 Å². The summed E-state index contributed by atoms with van der Waals surface area (Å²) in [6, 6.07) is 0.511. The number of guanidine groups is 1. The molecule has 1 rings (SSSR count). The van der Waals surface area contributed by atoms with E-state index in [0.29, 0.717) is 17.9 Å². The van der Waals surface area contributed by atoms with E-state index in [1.165, 1.54) is 32.1 Å². The first-order valence-corrected chi connectivity index (χ1v) is 8.72. The smallest absolute Gasteiger partial charge is 0.243 e. The zero-order valence-corrected chi connectivity index (χ0v) is 15.0. The Morgan fingerprint density at radius 3 is 2.55 bits per heavy atom. The van der Waals surface area contributed by atoms with Crippen molar-refractivity contribution in [3.05, 3.63) is 0 Å². The normalized spacial score (nSPS) is 22.1. The molecule has 0 aromatic carbocycles. The minimum atomic E-state index is 0.0305. The first-order valence-electron chi connectivity index (χ1n) is 8.72. The van der Waals surface area contributed by atoms with Gasteiger partial charge in [-0.15, -0.1) is 0 Å². The van der Waals surface area contributed by atoms with Crippen molar-refractivity contribution in [3.63, 3.8) is 0 Å². The van der Waals surface area contributed by atoms with Crippen molar-refractivity contribution in [1.29, 1.82) is 0 Å². The number of nitrogens with one attached hydrogen (secondary N) is 2. The lowest BCUT2D eigenvalue weighted by Gasteiger charge is -2.18. The van der Waals surface area contributed by atoms with Crippen molar-refractivity contribution in [2.24, 2.45) is 16.8 Å². The number of hydrogen-bond acceptors (Lipinski definition) is 2. The van der Waals surface area contributed by atoms with Crippen molar-refractivity contribution < 1.29 is 4.79 Å². The Morgan fingerprint density at radius 2 is 2.05 bits per heavy atom. The SMILES string of the molecule is CCCCC(CC)CNC(=NCC(=O)N(C)C)NC1CC1C. The molecule has 0 aliphatic heterocycles. The summed E-state index contributed by atoms with van der Waals surface area (Å²) in [5, 5.41) is 6.87. The number of hydrogen-bond donors (Lipinski definition) is 2. The Kier molecular flexibility index (Phi) is 8.28. The van der Waals surface area contributed by atoms with Crippen LogP contribution in [0.25, 0.3) is 0 Å². The molecule has 5 heteroatoms. The van der Waals surface area contributed by atoms with E-state index in [2.05, 4.69) is 36.4 Å². The molecule has 0 heterocycles. The summed E-state index contributed by atoms with van der Waals surface area (Å²) in [5.74, 6) is 2.20. The lowest BCUT2D eigenvalue weighted by Crippen LogP contribution is -2.42. The van der Waals surface area contributed by atoms with Crippen LogP contribution in [-0.4, -0.2) is 50.0 Å². The highest BCUT2D eigenvalue weighted by atomic mass is 16.2. The number of rotatable bonds is 9. The molecule has 128 valence electrons.